The number of para-hydroxylation sites is 1. The molecule has 0 fully saturated rings. The minimum Gasteiger partial charge on any atom is -0.490 e. The largest absolute Gasteiger partial charge is 0.490 e. The van der Waals surface area contributed by atoms with Gasteiger partial charge in [-0.25, -0.2) is 4.39 Å². The normalized spacial score (nSPS) is 10.1. The second-order valence-corrected chi connectivity index (χ2v) is 3.69. The average molecular weight is 247 g/mol. The second-order valence-electron chi connectivity index (χ2n) is 3.69. The Bertz CT molecular complexity index is 502. The summed E-state index contributed by atoms with van der Waals surface area (Å²) in [5.74, 6) is 0.739. The summed E-state index contributed by atoms with van der Waals surface area (Å²) in [6.45, 7) is 0.683. The summed E-state index contributed by atoms with van der Waals surface area (Å²) in [5, 5.41) is 0. The zero-order valence-corrected chi connectivity index (χ0v) is 9.80. The van der Waals surface area contributed by atoms with E-state index >= 15 is 0 Å². The van der Waals surface area contributed by atoms with Crippen LogP contribution in [0.5, 0.6) is 11.5 Å². The highest BCUT2D eigenvalue weighted by Gasteiger charge is 2.02. The Morgan fingerprint density at radius 1 is 0.944 bits per heavy atom. The summed E-state index contributed by atoms with van der Waals surface area (Å²) in [6, 6.07) is 13.4. The molecule has 4 heteroatoms. The minimum atomic E-state index is -0.372. The molecule has 3 nitrogen and oxygen atoms in total. The van der Waals surface area contributed by atoms with E-state index in [1.807, 2.05) is 30.3 Å². The molecule has 0 aliphatic heterocycles. The van der Waals surface area contributed by atoms with Gasteiger partial charge in [-0.15, -0.1) is 0 Å². The Labute approximate surface area is 105 Å². The van der Waals surface area contributed by atoms with E-state index in [2.05, 4.69) is 0 Å². The maximum Gasteiger partial charge on any atom is 0.145 e. The monoisotopic (exact) mass is 247 g/mol. The molecule has 2 aromatic rings. The minimum absolute atomic E-state index is 0.308. The van der Waals surface area contributed by atoms with Crippen LogP contribution in [-0.4, -0.2) is 13.2 Å². The first-order valence-corrected chi connectivity index (χ1v) is 5.61. The van der Waals surface area contributed by atoms with Crippen molar-refractivity contribution in [2.45, 2.75) is 0 Å². The maximum absolute atomic E-state index is 13.0. The summed E-state index contributed by atoms with van der Waals surface area (Å²) in [7, 11) is 0. The third kappa shape index (κ3) is 3.38. The van der Waals surface area contributed by atoms with Gasteiger partial charge in [0.25, 0.3) is 0 Å². The molecular weight excluding hydrogens is 233 g/mol. The van der Waals surface area contributed by atoms with Gasteiger partial charge in [0, 0.05) is 6.07 Å². The Kier molecular flexibility index (Phi) is 4.02. The molecule has 0 spiro atoms. The fraction of sp³-hybridized carbons (Fsp3) is 0.143. The van der Waals surface area contributed by atoms with Crippen molar-refractivity contribution >= 4 is 5.69 Å². The van der Waals surface area contributed by atoms with Crippen LogP contribution in [0.3, 0.4) is 0 Å². The van der Waals surface area contributed by atoms with Crippen LogP contribution >= 0.6 is 0 Å². The van der Waals surface area contributed by atoms with E-state index in [4.69, 9.17) is 15.2 Å². The van der Waals surface area contributed by atoms with Crippen LogP contribution in [0.15, 0.2) is 48.5 Å². The van der Waals surface area contributed by atoms with Crippen LogP contribution in [0.25, 0.3) is 0 Å². The van der Waals surface area contributed by atoms with Gasteiger partial charge in [-0.05, 0) is 24.3 Å². The molecule has 2 aromatic carbocycles. The van der Waals surface area contributed by atoms with Crippen molar-refractivity contribution < 1.29 is 13.9 Å². The average Bonchev–Trinajstić information content (AvgIpc) is 2.40. The number of ether oxygens (including phenoxy) is 2. The molecule has 2 rings (SSSR count). The molecule has 18 heavy (non-hydrogen) atoms. The highest BCUT2D eigenvalue weighted by atomic mass is 19.1. The van der Waals surface area contributed by atoms with Crippen molar-refractivity contribution in [3.8, 4) is 11.5 Å². The van der Waals surface area contributed by atoms with E-state index in [1.54, 1.807) is 0 Å². The van der Waals surface area contributed by atoms with E-state index < -0.39 is 0 Å². The number of nitrogen functional groups attached to an aromatic ring is 1. The molecule has 0 aromatic heterocycles. The van der Waals surface area contributed by atoms with E-state index in [1.165, 1.54) is 18.2 Å². The fourth-order valence-corrected chi connectivity index (χ4v) is 1.46. The van der Waals surface area contributed by atoms with Crippen LogP contribution in [-0.2, 0) is 0 Å². The zero-order chi connectivity index (χ0) is 12.8. The van der Waals surface area contributed by atoms with E-state index in [-0.39, 0.29) is 5.82 Å². The van der Waals surface area contributed by atoms with Gasteiger partial charge in [-0.1, -0.05) is 18.2 Å². The molecule has 0 amide bonds. The van der Waals surface area contributed by atoms with Crippen LogP contribution in [0, 0.1) is 5.82 Å². The van der Waals surface area contributed by atoms with Gasteiger partial charge < -0.3 is 15.2 Å². The topological polar surface area (TPSA) is 44.5 Å². The van der Waals surface area contributed by atoms with Gasteiger partial charge in [-0.3, -0.25) is 0 Å². The highest BCUT2D eigenvalue weighted by Crippen LogP contribution is 2.21. The molecule has 0 saturated heterocycles. The predicted molar refractivity (Wildman–Crippen MR) is 68.2 cm³/mol. The lowest BCUT2D eigenvalue weighted by Gasteiger charge is -2.10. The lowest BCUT2D eigenvalue weighted by atomic mass is 10.3. The van der Waals surface area contributed by atoms with Crippen molar-refractivity contribution in [1.29, 1.82) is 0 Å². The SMILES string of the molecule is Nc1ccc(F)cc1OCCOc1ccccc1. The van der Waals surface area contributed by atoms with Gasteiger partial charge in [-0.2, -0.15) is 0 Å². The Morgan fingerprint density at radius 2 is 1.67 bits per heavy atom. The number of hydrogen-bond acceptors (Lipinski definition) is 3. The number of benzene rings is 2. The predicted octanol–water partition coefficient (Wildman–Crippen LogP) is 2.87. The fourth-order valence-electron chi connectivity index (χ4n) is 1.46. The number of anilines is 1. The molecule has 2 N–H and O–H groups in total. The summed E-state index contributed by atoms with van der Waals surface area (Å²) in [5.41, 5.74) is 6.06. The molecule has 0 bridgehead atoms. The maximum atomic E-state index is 13.0. The molecule has 0 heterocycles. The smallest absolute Gasteiger partial charge is 0.145 e. The number of nitrogens with two attached hydrogens (primary N) is 1. The molecule has 0 aliphatic carbocycles. The third-order valence-electron chi connectivity index (χ3n) is 2.33. The van der Waals surface area contributed by atoms with Crippen molar-refractivity contribution in [3.63, 3.8) is 0 Å². The summed E-state index contributed by atoms with van der Waals surface area (Å²) in [6.07, 6.45) is 0. The number of halogens is 1. The zero-order valence-electron chi connectivity index (χ0n) is 9.80. The standard InChI is InChI=1S/C14H14FNO2/c15-11-6-7-13(16)14(10-11)18-9-8-17-12-4-2-1-3-5-12/h1-7,10H,8-9,16H2. The summed E-state index contributed by atoms with van der Waals surface area (Å²) >= 11 is 0. The van der Waals surface area contributed by atoms with Crippen molar-refractivity contribution in [1.82, 2.24) is 0 Å². The molecule has 0 radical (unpaired) electrons. The Morgan fingerprint density at radius 3 is 2.44 bits per heavy atom. The number of hydrogen-bond donors (Lipinski definition) is 1. The summed E-state index contributed by atoms with van der Waals surface area (Å²) < 4.78 is 23.7. The van der Waals surface area contributed by atoms with Crippen LogP contribution in [0.4, 0.5) is 10.1 Å². The van der Waals surface area contributed by atoms with Crippen molar-refractivity contribution in [2.24, 2.45) is 0 Å². The molecule has 0 saturated carbocycles. The van der Waals surface area contributed by atoms with Crippen LogP contribution in [0.1, 0.15) is 0 Å². The van der Waals surface area contributed by atoms with Gasteiger partial charge in [0.2, 0.25) is 0 Å². The molecule has 94 valence electrons. The quantitative estimate of drug-likeness (QED) is 0.652. The first-order valence-electron chi connectivity index (χ1n) is 5.61. The van der Waals surface area contributed by atoms with E-state index in [0.717, 1.165) is 5.75 Å². The summed E-state index contributed by atoms with van der Waals surface area (Å²) in [4.78, 5) is 0. The van der Waals surface area contributed by atoms with Gasteiger partial charge >= 0.3 is 0 Å². The Balaban J connectivity index is 1.80. The van der Waals surface area contributed by atoms with E-state index in [0.29, 0.717) is 24.7 Å². The first kappa shape index (κ1) is 12.2. The molecule has 0 unspecified atom stereocenters. The van der Waals surface area contributed by atoms with Crippen LogP contribution < -0.4 is 15.2 Å². The molecular formula is C14H14FNO2. The Hall–Kier alpha value is -2.23. The second kappa shape index (κ2) is 5.91. The lowest BCUT2D eigenvalue weighted by molar-refractivity contribution is 0.217. The first-order chi connectivity index (χ1) is 8.75. The van der Waals surface area contributed by atoms with Gasteiger partial charge in [0.1, 0.15) is 30.5 Å². The van der Waals surface area contributed by atoms with Gasteiger partial charge in [0.05, 0.1) is 5.69 Å². The highest BCUT2D eigenvalue weighted by molar-refractivity contribution is 5.52. The molecule has 0 atom stereocenters. The van der Waals surface area contributed by atoms with Crippen molar-refractivity contribution in [3.05, 3.63) is 54.3 Å². The van der Waals surface area contributed by atoms with Crippen LogP contribution in [0.2, 0.25) is 0 Å². The van der Waals surface area contributed by atoms with E-state index in [9.17, 15) is 4.39 Å². The number of rotatable bonds is 5. The van der Waals surface area contributed by atoms with Crippen molar-refractivity contribution in [2.75, 3.05) is 18.9 Å². The lowest BCUT2D eigenvalue weighted by Crippen LogP contribution is -2.10. The van der Waals surface area contributed by atoms with Gasteiger partial charge in [0.15, 0.2) is 0 Å². The third-order valence-corrected chi connectivity index (χ3v) is 2.33. The molecule has 0 aliphatic rings.